The Labute approximate surface area is 86.0 Å². The molecule has 0 bridgehead atoms. The average molecular weight is 196 g/mol. The Morgan fingerprint density at radius 2 is 2.07 bits per heavy atom. The molecule has 2 unspecified atom stereocenters. The van der Waals surface area contributed by atoms with Gasteiger partial charge in [0.25, 0.3) is 0 Å². The normalized spacial score (nSPS) is 37.4. The van der Waals surface area contributed by atoms with Crippen molar-refractivity contribution in [3.05, 3.63) is 0 Å². The molecule has 0 radical (unpaired) electrons. The molecule has 0 aromatic rings. The summed E-state index contributed by atoms with van der Waals surface area (Å²) in [6, 6.07) is 0. The third-order valence-electron chi connectivity index (χ3n) is 3.55. The maximum atomic E-state index is 11.7. The van der Waals surface area contributed by atoms with Crippen molar-refractivity contribution in [3.8, 4) is 0 Å². The second-order valence-corrected chi connectivity index (χ2v) is 5.27. The highest BCUT2D eigenvalue weighted by atomic mass is 16.5. The minimum absolute atomic E-state index is 0.00237. The van der Waals surface area contributed by atoms with Crippen LogP contribution in [0.1, 0.15) is 52.4 Å². The van der Waals surface area contributed by atoms with Crippen LogP contribution in [0.5, 0.6) is 0 Å². The monoisotopic (exact) mass is 196 g/mol. The van der Waals surface area contributed by atoms with E-state index in [1.807, 2.05) is 0 Å². The number of carbonyl (C=O) groups is 1. The van der Waals surface area contributed by atoms with Crippen LogP contribution in [0.3, 0.4) is 0 Å². The molecule has 2 fully saturated rings. The summed E-state index contributed by atoms with van der Waals surface area (Å²) in [6.45, 7) is 4.25. The lowest BCUT2D eigenvalue weighted by Crippen LogP contribution is -2.32. The van der Waals surface area contributed by atoms with E-state index in [4.69, 9.17) is 4.74 Å². The van der Waals surface area contributed by atoms with Crippen LogP contribution in [-0.4, -0.2) is 17.5 Å². The van der Waals surface area contributed by atoms with Crippen LogP contribution in [-0.2, 0) is 9.53 Å². The summed E-state index contributed by atoms with van der Waals surface area (Å²) in [5.41, 5.74) is 0.00237. The molecule has 14 heavy (non-hydrogen) atoms. The van der Waals surface area contributed by atoms with E-state index in [0.29, 0.717) is 5.78 Å². The first-order valence-corrected chi connectivity index (χ1v) is 5.79. The molecule has 0 N–H and O–H groups in total. The van der Waals surface area contributed by atoms with E-state index < -0.39 is 0 Å². The topological polar surface area (TPSA) is 26.3 Å². The summed E-state index contributed by atoms with van der Waals surface area (Å²) in [4.78, 5) is 11.7. The van der Waals surface area contributed by atoms with Crippen molar-refractivity contribution in [1.29, 1.82) is 0 Å². The Bertz CT molecular complexity index is 232. The molecule has 1 aliphatic heterocycles. The molecular weight excluding hydrogens is 176 g/mol. The van der Waals surface area contributed by atoms with Crippen molar-refractivity contribution >= 4 is 5.78 Å². The lowest BCUT2D eigenvalue weighted by atomic mass is 9.83. The third kappa shape index (κ3) is 2.00. The molecule has 0 spiro atoms. The first-order chi connectivity index (χ1) is 6.58. The predicted octanol–water partition coefficient (Wildman–Crippen LogP) is 2.70. The molecule has 1 saturated heterocycles. The highest BCUT2D eigenvalue weighted by Gasteiger charge is 2.39. The van der Waals surface area contributed by atoms with Crippen molar-refractivity contribution in [2.45, 2.75) is 64.1 Å². The summed E-state index contributed by atoms with van der Waals surface area (Å²) in [6.07, 6.45) is 6.52. The Morgan fingerprint density at radius 3 is 2.64 bits per heavy atom. The van der Waals surface area contributed by atoms with Crippen LogP contribution in [0, 0.1) is 5.92 Å². The van der Waals surface area contributed by atoms with E-state index in [9.17, 15) is 4.79 Å². The minimum Gasteiger partial charge on any atom is -0.372 e. The summed E-state index contributed by atoms with van der Waals surface area (Å²) in [7, 11) is 0. The minimum atomic E-state index is 0.00237. The summed E-state index contributed by atoms with van der Waals surface area (Å²) in [5.74, 6) is 0.657. The van der Waals surface area contributed by atoms with Gasteiger partial charge in [-0.2, -0.15) is 0 Å². The summed E-state index contributed by atoms with van der Waals surface area (Å²) in [5, 5.41) is 0. The number of Topliss-reactive ketones (excluding diaryl/α,β-unsaturated/α-hetero) is 1. The first kappa shape index (κ1) is 10.2. The lowest BCUT2D eigenvalue weighted by Gasteiger charge is -2.27. The molecule has 2 aliphatic rings. The number of carbonyl (C=O) groups excluding carboxylic acids is 1. The number of ether oxygens (including phenoxy) is 1. The van der Waals surface area contributed by atoms with Gasteiger partial charge >= 0.3 is 0 Å². The van der Waals surface area contributed by atoms with Gasteiger partial charge in [-0.25, -0.2) is 0 Å². The van der Waals surface area contributed by atoms with Gasteiger partial charge in [0.1, 0.15) is 5.78 Å². The zero-order valence-electron chi connectivity index (χ0n) is 9.21. The van der Waals surface area contributed by atoms with Gasteiger partial charge in [0, 0.05) is 12.3 Å². The van der Waals surface area contributed by atoms with Crippen LogP contribution in [0.15, 0.2) is 0 Å². The standard InChI is InChI=1S/C12H20O2/c1-12(2)8-7-11(14-12)9-5-3-4-6-10(9)13/h9,11H,3-8H2,1-2H3. The Kier molecular flexibility index (Phi) is 2.65. The molecule has 2 rings (SSSR count). The molecular formula is C12H20O2. The van der Waals surface area contributed by atoms with Gasteiger partial charge < -0.3 is 4.74 Å². The molecule has 1 aliphatic carbocycles. The molecule has 0 amide bonds. The predicted molar refractivity (Wildman–Crippen MR) is 55.2 cm³/mol. The Morgan fingerprint density at radius 1 is 1.29 bits per heavy atom. The molecule has 2 atom stereocenters. The molecule has 2 nitrogen and oxygen atoms in total. The smallest absolute Gasteiger partial charge is 0.138 e. The highest BCUT2D eigenvalue weighted by molar-refractivity contribution is 5.82. The Hall–Kier alpha value is -0.370. The van der Waals surface area contributed by atoms with E-state index in [1.54, 1.807) is 0 Å². The van der Waals surface area contributed by atoms with Crippen molar-refractivity contribution in [2.24, 2.45) is 5.92 Å². The van der Waals surface area contributed by atoms with Gasteiger partial charge in [0.15, 0.2) is 0 Å². The molecule has 1 heterocycles. The van der Waals surface area contributed by atoms with E-state index >= 15 is 0 Å². The van der Waals surface area contributed by atoms with Crippen molar-refractivity contribution < 1.29 is 9.53 Å². The van der Waals surface area contributed by atoms with Crippen LogP contribution >= 0.6 is 0 Å². The SMILES string of the molecule is CC1(C)CCC(C2CCCCC2=O)O1. The number of hydrogen-bond acceptors (Lipinski definition) is 2. The maximum absolute atomic E-state index is 11.7. The highest BCUT2D eigenvalue weighted by Crippen LogP contribution is 2.37. The van der Waals surface area contributed by atoms with Gasteiger partial charge in [0.05, 0.1) is 11.7 Å². The van der Waals surface area contributed by atoms with Crippen LogP contribution in [0.4, 0.5) is 0 Å². The number of ketones is 1. The number of hydrogen-bond donors (Lipinski definition) is 0. The van der Waals surface area contributed by atoms with E-state index in [-0.39, 0.29) is 17.6 Å². The van der Waals surface area contributed by atoms with Crippen molar-refractivity contribution in [2.75, 3.05) is 0 Å². The molecule has 80 valence electrons. The third-order valence-corrected chi connectivity index (χ3v) is 3.55. The molecule has 1 saturated carbocycles. The van der Waals surface area contributed by atoms with Crippen LogP contribution < -0.4 is 0 Å². The van der Waals surface area contributed by atoms with Gasteiger partial charge in [-0.3, -0.25) is 4.79 Å². The number of rotatable bonds is 1. The van der Waals surface area contributed by atoms with Gasteiger partial charge in [-0.05, 0) is 39.5 Å². The Balaban J connectivity index is 1.98. The summed E-state index contributed by atoms with van der Waals surface area (Å²) < 4.78 is 5.94. The van der Waals surface area contributed by atoms with Gasteiger partial charge in [-0.15, -0.1) is 0 Å². The van der Waals surface area contributed by atoms with E-state index in [2.05, 4.69) is 13.8 Å². The second-order valence-electron chi connectivity index (χ2n) is 5.27. The fourth-order valence-corrected chi connectivity index (χ4v) is 2.70. The fraction of sp³-hybridized carbons (Fsp3) is 0.917. The zero-order valence-corrected chi connectivity index (χ0v) is 9.21. The fourth-order valence-electron chi connectivity index (χ4n) is 2.70. The summed E-state index contributed by atoms with van der Waals surface area (Å²) >= 11 is 0. The van der Waals surface area contributed by atoms with Crippen LogP contribution in [0.25, 0.3) is 0 Å². The average Bonchev–Trinajstić information content (AvgIpc) is 2.47. The lowest BCUT2D eigenvalue weighted by molar-refractivity contribution is -0.132. The van der Waals surface area contributed by atoms with Gasteiger partial charge in [-0.1, -0.05) is 6.42 Å². The quantitative estimate of drug-likeness (QED) is 0.644. The zero-order chi connectivity index (χ0) is 10.2. The van der Waals surface area contributed by atoms with Gasteiger partial charge in [0.2, 0.25) is 0 Å². The molecule has 0 aromatic heterocycles. The van der Waals surface area contributed by atoms with E-state index in [0.717, 1.165) is 32.1 Å². The second kappa shape index (κ2) is 3.65. The van der Waals surface area contributed by atoms with E-state index in [1.165, 1.54) is 6.42 Å². The maximum Gasteiger partial charge on any atom is 0.138 e. The van der Waals surface area contributed by atoms with Crippen LogP contribution in [0.2, 0.25) is 0 Å². The largest absolute Gasteiger partial charge is 0.372 e. The molecule has 2 heteroatoms. The van der Waals surface area contributed by atoms with Crippen molar-refractivity contribution in [1.82, 2.24) is 0 Å². The van der Waals surface area contributed by atoms with Crippen molar-refractivity contribution in [3.63, 3.8) is 0 Å². The molecule has 0 aromatic carbocycles. The first-order valence-electron chi connectivity index (χ1n) is 5.79.